The summed E-state index contributed by atoms with van der Waals surface area (Å²) < 4.78 is 25.7. The molecule has 1 aliphatic carbocycles. The van der Waals surface area contributed by atoms with E-state index in [0.29, 0.717) is 18.3 Å². The minimum atomic E-state index is -0.366. The van der Waals surface area contributed by atoms with Gasteiger partial charge in [-0.3, -0.25) is 9.98 Å². The van der Waals surface area contributed by atoms with Crippen LogP contribution in [0.4, 0.5) is 4.39 Å². The van der Waals surface area contributed by atoms with Crippen molar-refractivity contribution in [2.24, 2.45) is 10.9 Å². The van der Waals surface area contributed by atoms with Crippen molar-refractivity contribution in [3.05, 3.63) is 95.0 Å². The molecule has 1 aromatic carbocycles. The van der Waals surface area contributed by atoms with Gasteiger partial charge in [0, 0.05) is 29.2 Å². The van der Waals surface area contributed by atoms with Crippen molar-refractivity contribution in [3.63, 3.8) is 0 Å². The summed E-state index contributed by atoms with van der Waals surface area (Å²) in [4.78, 5) is 9.15. The third-order valence-electron chi connectivity index (χ3n) is 5.01. The average molecular weight is 421 g/mol. The van der Waals surface area contributed by atoms with E-state index in [0.717, 1.165) is 33.7 Å². The Kier molecular flexibility index (Phi) is 7.40. The number of rotatable bonds is 7. The molecular formula is C26H29FN2O2. The molecule has 0 saturated carbocycles. The van der Waals surface area contributed by atoms with Gasteiger partial charge in [-0.2, -0.15) is 0 Å². The lowest BCUT2D eigenvalue weighted by Crippen LogP contribution is -2.20. The minimum absolute atomic E-state index is 0.281. The van der Waals surface area contributed by atoms with Gasteiger partial charge in [0.05, 0.1) is 19.5 Å². The molecule has 0 fully saturated rings. The Morgan fingerprint density at radius 3 is 2.61 bits per heavy atom. The van der Waals surface area contributed by atoms with Crippen LogP contribution in [-0.4, -0.2) is 30.5 Å². The number of ether oxygens (including phenoxy) is 2. The van der Waals surface area contributed by atoms with E-state index in [4.69, 9.17) is 14.5 Å². The van der Waals surface area contributed by atoms with Crippen LogP contribution in [0.2, 0.25) is 0 Å². The van der Waals surface area contributed by atoms with Crippen LogP contribution in [0, 0.1) is 11.7 Å². The molecule has 0 spiro atoms. The summed E-state index contributed by atoms with van der Waals surface area (Å²) in [6, 6.07) is 10.0. The van der Waals surface area contributed by atoms with Crippen molar-refractivity contribution in [2.75, 3.05) is 13.7 Å². The average Bonchev–Trinajstić information content (AvgIpc) is 2.78. The highest BCUT2D eigenvalue weighted by molar-refractivity contribution is 5.99. The van der Waals surface area contributed by atoms with E-state index in [9.17, 15) is 4.39 Å². The maximum absolute atomic E-state index is 13.9. The number of aromatic nitrogens is 1. The quantitative estimate of drug-likeness (QED) is 0.409. The van der Waals surface area contributed by atoms with E-state index in [-0.39, 0.29) is 11.9 Å². The van der Waals surface area contributed by atoms with E-state index in [1.165, 1.54) is 12.1 Å². The minimum Gasteiger partial charge on any atom is -0.498 e. The van der Waals surface area contributed by atoms with Gasteiger partial charge in [-0.1, -0.05) is 32.0 Å². The summed E-state index contributed by atoms with van der Waals surface area (Å²) in [7, 11) is 1.63. The summed E-state index contributed by atoms with van der Waals surface area (Å²) in [6.07, 6.45) is 7.45. The largest absolute Gasteiger partial charge is 0.498 e. The first-order valence-corrected chi connectivity index (χ1v) is 10.4. The molecule has 0 amide bonds. The third kappa shape index (κ3) is 5.69. The predicted octanol–water partition coefficient (Wildman–Crippen LogP) is 5.97. The first-order chi connectivity index (χ1) is 14.9. The fraction of sp³-hybridized carbons (Fsp3) is 0.308. The summed E-state index contributed by atoms with van der Waals surface area (Å²) in [5.74, 6) is 1.56. The van der Waals surface area contributed by atoms with Gasteiger partial charge in [-0.15, -0.1) is 0 Å². The summed E-state index contributed by atoms with van der Waals surface area (Å²) in [6.45, 7) is 8.71. The molecule has 3 rings (SSSR count). The second-order valence-corrected chi connectivity index (χ2v) is 7.94. The molecule has 1 atom stereocenters. The number of methoxy groups -OCH3 is 1. The first-order valence-electron chi connectivity index (χ1n) is 10.4. The first kappa shape index (κ1) is 22.5. The molecule has 2 aromatic rings. The van der Waals surface area contributed by atoms with E-state index in [2.05, 4.69) is 18.8 Å². The Labute approximate surface area is 183 Å². The lowest BCUT2D eigenvalue weighted by molar-refractivity contribution is 0.176. The molecule has 5 heteroatoms. The number of hydrogen-bond donors (Lipinski definition) is 0. The highest BCUT2D eigenvalue weighted by atomic mass is 19.1. The van der Waals surface area contributed by atoms with Gasteiger partial charge in [0.2, 0.25) is 0 Å². The number of benzene rings is 1. The van der Waals surface area contributed by atoms with E-state index < -0.39 is 0 Å². The molecule has 0 bridgehead atoms. The van der Waals surface area contributed by atoms with Gasteiger partial charge < -0.3 is 9.47 Å². The topological polar surface area (TPSA) is 43.7 Å². The number of hydrogen-bond acceptors (Lipinski definition) is 4. The maximum Gasteiger partial charge on any atom is 0.136 e. The lowest BCUT2D eigenvalue weighted by Gasteiger charge is -2.25. The molecule has 1 unspecified atom stereocenters. The Morgan fingerprint density at radius 1 is 1.16 bits per heavy atom. The SMILES string of the molecule is COC1=CC(c2cccc(F)c2)=CC(=C(C)OCC(C)C)C1N=C(C)c1cccnc1. The second-order valence-electron chi connectivity index (χ2n) is 7.94. The lowest BCUT2D eigenvalue weighted by atomic mass is 9.91. The van der Waals surface area contributed by atoms with Crippen LogP contribution in [-0.2, 0) is 9.47 Å². The summed E-state index contributed by atoms with van der Waals surface area (Å²) in [5.41, 5.74) is 4.30. The molecule has 0 N–H and O–H groups in total. The molecule has 31 heavy (non-hydrogen) atoms. The van der Waals surface area contributed by atoms with E-state index in [1.807, 2.05) is 44.2 Å². The molecule has 0 aliphatic heterocycles. The number of halogens is 1. The second kappa shape index (κ2) is 10.2. The van der Waals surface area contributed by atoms with Crippen LogP contribution < -0.4 is 0 Å². The van der Waals surface area contributed by atoms with E-state index in [1.54, 1.807) is 25.6 Å². The molecule has 4 nitrogen and oxygen atoms in total. The van der Waals surface area contributed by atoms with Crippen molar-refractivity contribution in [1.29, 1.82) is 0 Å². The Bertz CT molecular complexity index is 1040. The molecule has 162 valence electrons. The fourth-order valence-corrected chi connectivity index (χ4v) is 3.33. The summed E-state index contributed by atoms with van der Waals surface area (Å²) >= 11 is 0. The molecule has 1 heterocycles. The predicted molar refractivity (Wildman–Crippen MR) is 123 cm³/mol. The van der Waals surface area contributed by atoms with Gasteiger partial charge in [0.25, 0.3) is 0 Å². The van der Waals surface area contributed by atoms with Crippen molar-refractivity contribution >= 4 is 11.3 Å². The van der Waals surface area contributed by atoms with Gasteiger partial charge >= 0.3 is 0 Å². The smallest absolute Gasteiger partial charge is 0.136 e. The van der Waals surface area contributed by atoms with Crippen molar-refractivity contribution in [3.8, 4) is 0 Å². The van der Waals surface area contributed by atoms with Gasteiger partial charge in [0.1, 0.15) is 17.6 Å². The van der Waals surface area contributed by atoms with Crippen LogP contribution in [0.25, 0.3) is 5.57 Å². The van der Waals surface area contributed by atoms with Crippen molar-refractivity contribution in [1.82, 2.24) is 4.98 Å². The highest BCUT2D eigenvalue weighted by Crippen LogP contribution is 2.34. The van der Waals surface area contributed by atoms with Gasteiger partial charge in [-0.05, 0) is 61.3 Å². The van der Waals surface area contributed by atoms with Gasteiger partial charge in [0.15, 0.2) is 0 Å². The zero-order valence-corrected chi connectivity index (χ0v) is 18.7. The fourth-order valence-electron chi connectivity index (χ4n) is 3.33. The van der Waals surface area contributed by atoms with Crippen LogP contribution in [0.5, 0.6) is 0 Å². The van der Waals surface area contributed by atoms with Crippen LogP contribution in [0.1, 0.15) is 38.8 Å². The number of allylic oxidation sites excluding steroid dienone is 3. The molecular weight excluding hydrogens is 391 g/mol. The third-order valence-corrected chi connectivity index (χ3v) is 5.01. The zero-order valence-electron chi connectivity index (χ0n) is 18.7. The molecule has 1 aliphatic rings. The monoisotopic (exact) mass is 420 g/mol. The van der Waals surface area contributed by atoms with Crippen LogP contribution >= 0.6 is 0 Å². The highest BCUT2D eigenvalue weighted by Gasteiger charge is 2.26. The number of pyridine rings is 1. The van der Waals surface area contributed by atoms with Crippen molar-refractivity contribution < 1.29 is 13.9 Å². The molecule has 0 saturated heterocycles. The Morgan fingerprint density at radius 2 is 1.97 bits per heavy atom. The van der Waals surface area contributed by atoms with Crippen molar-refractivity contribution in [2.45, 2.75) is 33.7 Å². The van der Waals surface area contributed by atoms with Crippen LogP contribution in [0.3, 0.4) is 0 Å². The normalized spacial score (nSPS) is 18.4. The Hall–Kier alpha value is -3.21. The van der Waals surface area contributed by atoms with Gasteiger partial charge in [-0.25, -0.2) is 4.39 Å². The standard InChI is InChI=1S/C26H29FN2O2/c1-17(2)16-31-19(4)24-13-22(20-8-6-10-23(27)12-20)14-25(30-5)26(24)29-18(3)21-9-7-11-28-15-21/h6-15,17,26H,16H2,1-5H3. The summed E-state index contributed by atoms with van der Waals surface area (Å²) in [5, 5.41) is 0. The number of nitrogens with zero attached hydrogens (tertiary/aromatic N) is 2. The zero-order chi connectivity index (χ0) is 22.4. The Balaban J connectivity index is 2.10. The molecule has 1 aromatic heterocycles. The molecule has 0 radical (unpaired) electrons. The van der Waals surface area contributed by atoms with Crippen LogP contribution in [0.15, 0.2) is 83.0 Å². The number of aliphatic imine (C=N–C) groups is 1. The maximum atomic E-state index is 13.9. The van der Waals surface area contributed by atoms with E-state index >= 15 is 0 Å².